The van der Waals surface area contributed by atoms with Gasteiger partial charge in [0.25, 0.3) is 0 Å². The molecule has 72 valence electrons. The van der Waals surface area contributed by atoms with Gasteiger partial charge in [-0.1, -0.05) is 11.6 Å². The van der Waals surface area contributed by atoms with E-state index in [-0.39, 0.29) is 0 Å². The molecular weight excluding hydrogens is 232 g/mol. The molecule has 0 aromatic carbocycles. The SMILES string of the molecule is COc1cc(Br)n(CC=C(C)C)n1. The van der Waals surface area contributed by atoms with Crippen LogP contribution in [0.2, 0.25) is 0 Å². The Morgan fingerprint density at radius 1 is 1.69 bits per heavy atom. The fraction of sp³-hybridized carbons (Fsp3) is 0.444. The lowest BCUT2D eigenvalue weighted by Crippen LogP contribution is -1.98. The van der Waals surface area contributed by atoms with Crippen LogP contribution in [0.3, 0.4) is 0 Å². The highest BCUT2D eigenvalue weighted by Gasteiger charge is 2.02. The van der Waals surface area contributed by atoms with Crippen molar-refractivity contribution < 1.29 is 4.74 Å². The van der Waals surface area contributed by atoms with E-state index in [0.29, 0.717) is 5.88 Å². The van der Waals surface area contributed by atoms with Crippen molar-refractivity contribution >= 4 is 15.9 Å². The number of rotatable bonds is 3. The first-order valence-electron chi connectivity index (χ1n) is 4.04. The number of hydrogen-bond acceptors (Lipinski definition) is 2. The Kier molecular flexibility index (Phi) is 3.54. The van der Waals surface area contributed by atoms with Crippen molar-refractivity contribution in [3.8, 4) is 5.88 Å². The van der Waals surface area contributed by atoms with Crippen molar-refractivity contribution in [2.45, 2.75) is 20.4 Å². The predicted octanol–water partition coefficient (Wildman–Crippen LogP) is 2.62. The first-order chi connectivity index (χ1) is 6.13. The van der Waals surface area contributed by atoms with E-state index >= 15 is 0 Å². The summed E-state index contributed by atoms with van der Waals surface area (Å²) in [6, 6.07) is 1.85. The highest BCUT2D eigenvalue weighted by Crippen LogP contribution is 2.17. The number of allylic oxidation sites excluding steroid dienone is 2. The van der Waals surface area contributed by atoms with Crippen LogP contribution in [0.25, 0.3) is 0 Å². The Bertz CT molecular complexity index is 313. The van der Waals surface area contributed by atoms with Crippen molar-refractivity contribution in [1.82, 2.24) is 9.78 Å². The largest absolute Gasteiger partial charge is 0.480 e. The van der Waals surface area contributed by atoms with Crippen LogP contribution in [-0.4, -0.2) is 16.9 Å². The standard InChI is InChI=1S/C9H13BrN2O/c1-7(2)4-5-12-8(10)6-9(11-12)13-3/h4,6H,5H2,1-3H3. The Morgan fingerprint density at radius 3 is 2.85 bits per heavy atom. The van der Waals surface area contributed by atoms with Gasteiger partial charge in [0.1, 0.15) is 4.60 Å². The molecule has 0 unspecified atom stereocenters. The Hall–Kier alpha value is -0.770. The molecule has 1 rings (SSSR count). The van der Waals surface area contributed by atoms with Gasteiger partial charge in [-0.2, -0.15) is 0 Å². The van der Waals surface area contributed by atoms with Crippen LogP contribution in [0.4, 0.5) is 0 Å². The van der Waals surface area contributed by atoms with E-state index < -0.39 is 0 Å². The summed E-state index contributed by atoms with van der Waals surface area (Å²) < 4.78 is 7.77. The zero-order valence-electron chi connectivity index (χ0n) is 8.04. The van der Waals surface area contributed by atoms with E-state index in [1.165, 1.54) is 5.57 Å². The summed E-state index contributed by atoms with van der Waals surface area (Å²) in [4.78, 5) is 0. The van der Waals surface area contributed by atoms with Crippen molar-refractivity contribution in [3.63, 3.8) is 0 Å². The minimum Gasteiger partial charge on any atom is -0.480 e. The zero-order valence-corrected chi connectivity index (χ0v) is 9.63. The van der Waals surface area contributed by atoms with Crippen molar-refractivity contribution in [3.05, 3.63) is 22.3 Å². The molecule has 0 saturated heterocycles. The van der Waals surface area contributed by atoms with Gasteiger partial charge in [-0.25, -0.2) is 0 Å². The number of nitrogens with zero attached hydrogens (tertiary/aromatic N) is 2. The summed E-state index contributed by atoms with van der Waals surface area (Å²) in [5.74, 6) is 0.633. The third-order valence-electron chi connectivity index (χ3n) is 1.59. The maximum absolute atomic E-state index is 5.00. The van der Waals surface area contributed by atoms with E-state index in [9.17, 15) is 0 Å². The number of aromatic nitrogens is 2. The van der Waals surface area contributed by atoms with Crippen LogP contribution in [-0.2, 0) is 6.54 Å². The molecule has 4 heteroatoms. The topological polar surface area (TPSA) is 27.1 Å². The minimum absolute atomic E-state index is 0.633. The first-order valence-corrected chi connectivity index (χ1v) is 4.83. The Morgan fingerprint density at radius 2 is 2.38 bits per heavy atom. The van der Waals surface area contributed by atoms with E-state index in [1.807, 2.05) is 10.7 Å². The molecule has 0 amide bonds. The molecule has 1 aromatic rings. The molecule has 1 heterocycles. The Labute approximate surface area is 86.5 Å². The van der Waals surface area contributed by atoms with Gasteiger partial charge < -0.3 is 4.74 Å². The van der Waals surface area contributed by atoms with Gasteiger partial charge in [-0.15, -0.1) is 5.10 Å². The second-order valence-corrected chi connectivity index (χ2v) is 3.79. The van der Waals surface area contributed by atoms with Crippen LogP contribution < -0.4 is 4.74 Å². The molecule has 0 aliphatic rings. The lowest BCUT2D eigenvalue weighted by atomic mass is 10.3. The molecule has 3 nitrogen and oxygen atoms in total. The molecule has 0 N–H and O–H groups in total. The van der Waals surface area contributed by atoms with Crippen molar-refractivity contribution in [2.24, 2.45) is 0 Å². The normalized spacial score (nSPS) is 9.85. The fourth-order valence-electron chi connectivity index (χ4n) is 0.869. The van der Waals surface area contributed by atoms with Crippen LogP contribution in [0.1, 0.15) is 13.8 Å². The lowest BCUT2D eigenvalue weighted by molar-refractivity contribution is 0.390. The quantitative estimate of drug-likeness (QED) is 0.765. The minimum atomic E-state index is 0.633. The maximum atomic E-state index is 5.00. The summed E-state index contributed by atoms with van der Waals surface area (Å²) in [6.07, 6.45) is 2.11. The van der Waals surface area contributed by atoms with E-state index in [2.05, 4.69) is 41.0 Å². The highest BCUT2D eigenvalue weighted by atomic mass is 79.9. The molecule has 0 radical (unpaired) electrons. The summed E-state index contributed by atoms with van der Waals surface area (Å²) in [6.45, 7) is 4.90. The lowest BCUT2D eigenvalue weighted by Gasteiger charge is -1.97. The molecule has 1 aromatic heterocycles. The van der Waals surface area contributed by atoms with Gasteiger partial charge >= 0.3 is 0 Å². The van der Waals surface area contributed by atoms with Crippen molar-refractivity contribution in [1.29, 1.82) is 0 Å². The van der Waals surface area contributed by atoms with Gasteiger partial charge in [0.2, 0.25) is 5.88 Å². The van der Waals surface area contributed by atoms with Gasteiger partial charge in [0.15, 0.2) is 0 Å². The summed E-state index contributed by atoms with van der Waals surface area (Å²) >= 11 is 3.40. The third-order valence-corrected chi connectivity index (χ3v) is 2.23. The molecule has 0 spiro atoms. The van der Waals surface area contributed by atoms with Gasteiger partial charge in [-0.05, 0) is 29.8 Å². The highest BCUT2D eigenvalue weighted by molar-refractivity contribution is 9.10. The van der Waals surface area contributed by atoms with Crippen LogP contribution >= 0.6 is 15.9 Å². The fourth-order valence-corrected chi connectivity index (χ4v) is 1.29. The smallest absolute Gasteiger partial charge is 0.233 e. The van der Waals surface area contributed by atoms with Gasteiger partial charge in [0, 0.05) is 6.07 Å². The zero-order chi connectivity index (χ0) is 9.84. The number of hydrogen-bond donors (Lipinski definition) is 0. The van der Waals surface area contributed by atoms with Crippen LogP contribution in [0, 0.1) is 0 Å². The van der Waals surface area contributed by atoms with Crippen LogP contribution in [0.5, 0.6) is 5.88 Å². The second kappa shape index (κ2) is 4.46. The number of methoxy groups -OCH3 is 1. The molecule has 0 aliphatic carbocycles. The number of halogens is 1. The summed E-state index contributed by atoms with van der Waals surface area (Å²) in [5, 5.41) is 4.20. The van der Waals surface area contributed by atoms with Gasteiger partial charge in [0.05, 0.1) is 13.7 Å². The summed E-state index contributed by atoms with van der Waals surface area (Å²) in [7, 11) is 1.61. The first kappa shape index (κ1) is 10.3. The molecular formula is C9H13BrN2O. The van der Waals surface area contributed by atoms with Crippen LogP contribution in [0.15, 0.2) is 22.3 Å². The van der Waals surface area contributed by atoms with Crippen molar-refractivity contribution in [2.75, 3.05) is 7.11 Å². The van der Waals surface area contributed by atoms with Gasteiger partial charge in [-0.3, -0.25) is 4.68 Å². The molecule has 0 atom stereocenters. The summed E-state index contributed by atoms with van der Waals surface area (Å²) in [5.41, 5.74) is 1.28. The average molecular weight is 245 g/mol. The van der Waals surface area contributed by atoms with E-state index in [4.69, 9.17) is 4.74 Å². The Balaban J connectivity index is 2.77. The predicted molar refractivity (Wildman–Crippen MR) is 55.9 cm³/mol. The monoisotopic (exact) mass is 244 g/mol. The third kappa shape index (κ3) is 2.88. The molecule has 0 saturated carbocycles. The second-order valence-electron chi connectivity index (χ2n) is 2.97. The average Bonchev–Trinajstić information content (AvgIpc) is 2.43. The molecule has 0 aliphatic heterocycles. The molecule has 13 heavy (non-hydrogen) atoms. The molecule has 0 bridgehead atoms. The maximum Gasteiger partial charge on any atom is 0.233 e. The number of ether oxygens (including phenoxy) is 1. The van der Waals surface area contributed by atoms with E-state index in [0.717, 1.165) is 11.1 Å². The molecule has 0 fully saturated rings. The van der Waals surface area contributed by atoms with E-state index in [1.54, 1.807) is 7.11 Å².